The quantitative estimate of drug-likeness (QED) is 0.905. The van der Waals surface area contributed by atoms with Gasteiger partial charge in [-0.2, -0.15) is 0 Å². The monoisotopic (exact) mass is 343 g/mol. The van der Waals surface area contributed by atoms with Crippen molar-refractivity contribution in [1.29, 1.82) is 0 Å². The molecule has 0 radical (unpaired) electrons. The first-order chi connectivity index (χ1) is 9.52. The van der Waals surface area contributed by atoms with Crippen LogP contribution in [0.3, 0.4) is 0 Å². The molecule has 20 heavy (non-hydrogen) atoms. The summed E-state index contributed by atoms with van der Waals surface area (Å²) in [5.41, 5.74) is 0.739. The molecule has 1 fully saturated rings. The Hall–Kier alpha value is -0.490. The number of nitrogens with one attached hydrogen (secondary N) is 1. The summed E-state index contributed by atoms with van der Waals surface area (Å²) in [7, 11) is 6.20. The average Bonchev–Trinajstić information content (AvgIpc) is 2.43. The highest BCUT2D eigenvalue weighted by molar-refractivity contribution is 9.10. The molecule has 3 nitrogen and oxygen atoms in total. The Morgan fingerprint density at radius 3 is 2.85 bits per heavy atom. The Balaban J connectivity index is 2.14. The van der Waals surface area contributed by atoms with Gasteiger partial charge in [-0.05, 0) is 49.6 Å². The van der Waals surface area contributed by atoms with Gasteiger partial charge in [-0.3, -0.25) is 0 Å². The zero-order valence-corrected chi connectivity index (χ0v) is 14.0. The van der Waals surface area contributed by atoms with Gasteiger partial charge in [0, 0.05) is 37.3 Å². The van der Waals surface area contributed by atoms with Gasteiger partial charge in [0.05, 0.1) is 4.47 Å². The molecule has 0 saturated carbocycles. The fourth-order valence-corrected chi connectivity index (χ4v) is 3.20. The molecular formula is C15H23BrFN3. The van der Waals surface area contributed by atoms with E-state index >= 15 is 0 Å². The van der Waals surface area contributed by atoms with Crippen LogP contribution in [-0.4, -0.2) is 56.6 Å². The fraction of sp³-hybridized carbons (Fsp3) is 0.600. The molecule has 1 heterocycles. The van der Waals surface area contributed by atoms with E-state index in [1.807, 2.05) is 19.2 Å². The van der Waals surface area contributed by atoms with Crippen LogP contribution in [0.2, 0.25) is 0 Å². The van der Waals surface area contributed by atoms with E-state index in [0.29, 0.717) is 10.5 Å². The van der Waals surface area contributed by atoms with Gasteiger partial charge in [-0.1, -0.05) is 12.1 Å². The number of piperazine rings is 1. The van der Waals surface area contributed by atoms with Gasteiger partial charge in [0.1, 0.15) is 5.82 Å². The zero-order chi connectivity index (χ0) is 14.7. The molecule has 0 amide bonds. The van der Waals surface area contributed by atoms with Crippen LogP contribution in [0.4, 0.5) is 4.39 Å². The molecular weight excluding hydrogens is 321 g/mol. The Labute approximate surface area is 129 Å². The van der Waals surface area contributed by atoms with Crippen LogP contribution in [0.5, 0.6) is 0 Å². The summed E-state index contributed by atoms with van der Waals surface area (Å²) in [6.45, 7) is 3.20. The van der Waals surface area contributed by atoms with E-state index in [4.69, 9.17) is 0 Å². The number of nitrogens with zero attached hydrogens (tertiary/aromatic N) is 2. The lowest BCUT2D eigenvalue weighted by atomic mass is 9.97. The van der Waals surface area contributed by atoms with Crippen molar-refractivity contribution in [1.82, 2.24) is 15.1 Å². The van der Waals surface area contributed by atoms with Crippen molar-refractivity contribution in [2.24, 2.45) is 0 Å². The minimum Gasteiger partial charge on any atom is -0.313 e. The maximum atomic E-state index is 14.3. The third-order valence-corrected chi connectivity index (χ3v) is 4.81. The lowest BCUT2D eigenvalue weighted by Gasteiger charge is -2.39. The van der Waals surface area contributed by atoms with Crippen molar-refractivity contribution >= 4 is 15.9 Å². The van der Waals surface area contributed by atoms with Gasteiger partial charge in [0.2, 0.25) is 0 Å². The van der Waals surface area contributed by atoms with Crippen LogP contribution < -0.4 is 5.32 Å². The molecule has 0 bridgehead atoms. The largest absolute Gasteiger partial charge is 0.313 e. The summed E-state index contributed by atoms with van der Waals surface area (Å²) in [5, 5.41) is 3.26. The summed E-state index contributed by atoms with van der Waals surface area (Å²) >= 11 is 3.27. The highest BCUT2D eigenvalue weighted by Gasteiger charge is 2.26. The third kappa shape index (κ3) is 3.58. The van der Waals surface area contributed by atoms with Gasteiger partial charge in [-0.25, -0.2) is 4.39 Å². The van der Waals surface area contributed by atoms with Gasteiger partial charge in [0.15, 0.2) is 0 Å². The predicted molar refractivity (Wildman–Crippen MR) is 84.4 cm³/mol. The van der Waals surface area contributed by atoms with Crippen molar-refractivity contribution < 1.29 is 4.39 Å². The van der Waals surface area contributed by atoms with Crippen molar-refractivity contribution in [3.8, 4) is 0 Å². The van der Waals surface area contributed by atoms with Crippen LogP contribution in [-0.2, 0) is 0 Å². The first-order valence-corrected chi connectivity index (χ1v) is 7.82. The van der Waals surface area contributed by atoms with Gasteiger partial charge >= 0.3 is 0 Å². The molecule has 2 rings (SSSR count). The highest BCUT2D eigenvalue weighted by Crippen LogP contribution is 2.28. The van der Waals surface area contributed by atoms with Crippen molar-refractivity contribution in [2.75, 3.05) is 40.8 Å². The molecule has 2 atom stereocenters. The number of hydrogen-bond donors (Lipinski definition) is 1. The van der Waals surface area contributed by atoms with Gasteiger partial charge < -0.3 is 15.1 Å². The van der Waals surface area contributed by atoms with E-state index in [2.05, 4.69) is 45.1 Å². The van der Waals surface area contributed by atoms with Gasteiger partial charge in [-0.15, -0.1) is 0 Å². The van der Waals surface area contributed by atoms with Gasteiger partial charge in [0.25, 0.3) is 0 Å². The number of likely N-dealkylation sites (N-methyl/N-ethyl adjacent to an activating group) is 2. The molecule has 1 aromatic carbocycles. The highest BCUT2D eigenvalue weighted by atomic mass is 79.9. The Morgan fingerprint density at radius 1 is 1.40 bits per heavy atom. The van der Waals surface area contributed by atoms with Crippen molar-refractivity contribution in [3.63, 3.8) is 0 Å². The van der Waals surface area contributed by atoms with E-state index in [0.717, 1.165) is 31.6 Å². The summed E-state index contributed by atoms with van der Waals surface area (Å²) in [4.78, 5) is 4.72. The van der Waals surface area contributed by atoms with E-state index < -0.39 is 0 Å². The van der Waals surface area contributed by atoms with Crippen molar-refractivity contribution in [2.45, 2.75) is 18.5 Å². The number of rotatable bonds is 4. The third-order valence-electron chi connectivity index (χ3n) is 4.19. The van der Waals surface area contributed by atoms with E-state index in [-0.39, 0.29) is 11.9 Å². The number of benzene rings is 1. The molecule has 5 heteroatoms. The van der Waals surface area contributed by atoms with E-state index in [1.165, 1.54) is 0 Å². The summed E-state index contributed by atoms with van der Waals surface area (Å²) in [6, 6.07) is 5.99. The maximum absolute atomic E-state index is 14.3. The van der Waals surface area contributed by atoms with E-state index in [1.54, 1.807) is 6.07 Å². The smallest absolute Gasteiger partial charge is 0.142 e. The number of hydrogen-bond acceptors (Lipinski definition) is 3. The second-order valence-electron chi connectivity index (χ2n) is 5.62. The minimum absolute atomic E-state index is 0.0337. The molecule has 1 N–H and O–H groups in total. The lowest BCUT2D eigenvalue weighted by molar-refractivity contribution is 0.101. The molecule has 0 aliphatic carbocycles. The first-order valence-electron chi connectivity index (χ1n) is 7.03. The van der Waals surface area contributed by atoms with Crippen LogP contribution >= 0.6 is 15.9 Å². The second-order valence-corrected chi connectivity index (χ2v) is 6.47. The second kappa shape index (κ2) is 6.98. The summed E-state index contributed by atoms with van der Waals surface area (Å²) in [5.74, 6) is -0.154. The molecule has 0 aromatic heterocycles. The average molecular weight is 344 g/mol. The van der Waals surface area contributed by atoms with Crippen LogP contribution in [0.15, 0.2) is 22.7 Å². The van der Waals surface area contributed by atoms with Crippen LogP contribution in [0, 0.1) is 5.82 Å². The predicted octanol–water partition coefficient (Wildman–Crippen LogP) is 2.48. The van der Waals surface area contributed by atoms with Crippen LogP contribution in [0.1, 0.15) is 18.0 Å². The maximum Gasteiger partial charge on any atom is 0.142 e. The van der Waals surface area contributed by atoms with E-state index in [9.17, 15) is 4.39 Å². The molecule has 1 aliphatic rings. The topological polar surface area (TPSA) is 18.5 Å². The Morgan fingerprint density at radius 2 is 2.15 bits per heavy atom. The molecule has 1 aliphatic heterocycles. The van der Waals surface area contributed by atoms with Crippen LogP contribution in [0.25, 0.3) is 0 Å². The Bertz CT molecular complexity index is 455. The fourth-order valence-electron chi connectivity index (χ4n) is 2.82. The SMILES string of the molecule is CNC(CC1CN(C)CCN1C)c1cccc(Br)c1F. The summed E-state index contributed by atoms with van der Waals surface area (Å²) < 4.78 is 14.8. The molecule has 0 spiro atoms. The molecule has 112 valence electrons. The molecule has 1 saturated heterocycles. The molecule has 2 unspecified atom stereocenters. The normalized spacial score (nSPS) is 22.9. The first kappa shape index (κ1) is 15.9. The lowest BCUT2D eigenvalue weighted by Crippen LogP contribution is -2.51. The minimum atomic E-state index is -0.154. The zero-order valence-electron chi connectivity index (χ0n) is 12.4. The van der Waals surface area contributed by atoms with Crippen molar-refractivity contribution in [3.05, 3.63) is 34.1 Å². The number of halogens is 2. The molecule has 1 aromatic rings. The standard InChI is InChI=1S/C15H23BrFN3/c1-18-14(12-5-4-6-13(16)15(12)17)9-11-10-19(2)7-8-20(11)3/h4-6,11,14,18H,7-10H2,1-3H3. The Kier molecular flexibility index (Phi) is 5.55. The summed E-state index contributed by atoms with van der Waals surface area (Å²) in [6.07, 6.45) is 0.907.